The van der Waals surface area contributed by atoms with Gasteiger partial charge in [-0.1, -0.05) is 24.0 Å². The number of ether oxygens (including phenoxy) is 2. The molecule has 0 radical (unpaired) electrons. The van der Waals surface area contributed by atoms with E-state index in [0.29, 0.717) is 18.8 Å². The maximum absolute atomic E-state index is 8.63. The summed E-state index contributed by atoms with van der Waals surface area (Å²) in [6.07, 6.45) is 0.472. The van der Waals surface area contributed by atoms with E-state index in [-0.39, 0.29) is 13.4 Å². The van der Waals surface area contributed by atoms with Crippen molar-refractivity contribution in [2.75, 3.05) is 20.0 Å². The van der Waals surface area contributed by atoms with Gasteiger partial charge in [-0.2, -0.15) is 0 Å². The van der Waals surface area contributed by atoms with Crippen molar-refractivity contribution in [3.8, 4) is 17.6 Å². The van der Waals surface area contributed by atoms with Gasteiger partial charge in [0.05, 0.1) is 12.2 Å². The molecular weight excluding hydrogens is 204 g/mol. The van der Waals surface area contributed by atoms with Crippen LogP contribution in [-0.4, -0.2) is 25.1 Å². The highest BCUT2D eigenvalue weighted by atomic mass is 16.7. The Bertz CT molecular complexity index is 363. The van der Waals surface area contributed by atoms with Gasteiger partial charge in [0.1, 0.15) is 5.75 Å². The standard InChI is InChI=1S/C13H16O3/c1-2-15-11-16-13-9-4-3-7-12(13)8-5-6-10-14/h3-4,7,9,14H,2,6,10-11H2,1H3. The van der Waals surface area contributed by atoms with Crippen LogP contribution in [0.25, 0.3) is 0 Å². The number of rotatable bonds is 5. The van der Waals surface area contributed by atoms with Crippen LogP contribution in [-0.2, 0) is 4.74 Å². The van der Waals surface area contributed by atoms with Gasteiger partial charge in [-0.25, -0.2) is 0 Å². The van der Waals surface area contributed by atoms with Gasteiger partial charge in [0, 0.05) is 13.0 Å². The number of hydrogen-bond acceptors (Lipinski definition) is 3. The average molecular weight is 220 g/mol. The SMILES string of the molecule is CCOCOc1ccccc1C#CCCO. The normalized spacial score (nSPS) is 9.38. The summed E-state index contributed by atoms with van der Waals surface area (Å²) >= 11 is 0. The van der Waals surface area contributed by atoms with Crippen molar-refractivity contribution in [1.29, 1.82) is 0 Å². The van der Waals surface area contributed by atoms with Gasteiger partial charge in [-0.3, -0.25) is 0 Å². The molecule has 0 aromatic heterocycles. The first-order chi connectivity index (χ1) is 7.88. The Hall–Kier alpha value is -1.50. The third-order valence-corrected chi connectivity index (χ3v) is 1.85. The second kappa shape index (κ2) is 7.75. The van der Waals surface area contributed by atoms with Crippen LogP contribution in [0.2, 0.25) is 0 Å². The van der Waals surface area contributed by atoms with Gasteiger partial charge in [0.25, 0.3) is 0 Å². The molecule has 86 valence electrons. The molecule has 1 aromatic carbocycles. The highest BCUT2D eigenvalue weighted by Crippen LogP contribution is 2.16. The molecule has 3 nitrogen and oxygen atoms in total. The van der Waals surface area contributed by atoms with E-state index < -0.39 is 0 Å². The monoisotopic (exact) mass is 220 g/mol. The van der Waals surface area contributed by atoms with Crippen molar-refractivity contribution in [1.82, 2.24) is 0 Å². The lowest BCUT2D eigenvalue weighted by atomic mass is 10.2. The molecule has 0 atom stereocenters. The number of benzene rings is 1. The molecule has 1 rings (SSSR count). The number of aliphatic hydroxyl groups is 1. The molecule has 0 bridgehead atoms. The fourth-order valence-corrected chi connectivity index (χ4v) is 1.10. The molecule has 0 unspecified atom stereocenters. The first-order valence-electron chi connectivity index (χ1n) is 5.27. The Morgan fingerprint density at radius 1 is 1.31 bits per heavy atom. The summed E-state index contributed by atoms with van der Waals surface area (Å²) in [7, 11) is 0. The highest BCUT2D eigenvalue weighted by molar-refractivity contribution is 5.45. The largest absolute Gasteiger partial charge is 0.466 e. The molecule has 0 saturated heterocycles. The summed E-state index contributed by atoms with van der Waals surface area (Å²) in [5.41, 5.74) is 0.815. The van der Waals surface area contributed by atoms with Crippen LogP contribution in [0.3, 0.4) is 0 Å². The van der Waals surface area contributed by atoms with Crippen molar-refractivity contribution in [2.24, 2.45) is 0 Å². The van der Waals surface area contributed by atoms with Gasteiger partial charge >= 0.3 is 0 Å². The van der Waals surface area contributed by atoms with E-state index in [1.807, 2.05) is 31.2 Å². The third kappa shape index (κ3) is 4.35. The predicted molar refractivity (Wildman–Crippen MR) is 62.1 cm³/mol. The molecule has 1 aromatic rings. The van der Waals surface area contributed by atoms with E-state index in [1.54, 1.807) is 0 Å². The average Bonchev–Trinajstić information content (AvgIpc) is 2.32. The zero-order valence-corrected chi connectivity index (χ0v) is 9.40. The number of hydrogen-bond donors (Lipinski definition) is 1. The molecule has 0 fully saturated rings. The molecule has 3 heteroatoms. The fraction of sp³-hybridized carbons (Fsp3) is 0.385. The quantitative estimate of drug-likeness (QED) is 0.467. The molecule has 1 N–H and O–H groups in total. The van der Waals surface area contributed by atoms with Crippen LogP contribution < -0.4 is 4.74 Å². The molecule has 0 amide bonds. The van der Waals surface area contributed by atoms with E-state index in [4.69, 9.17) is 14.6 Å². The fourth-order valence-electron chi connectivity index (χ4n) is 1.10. The first-order valence-corrected chi connectivity index (χ1v) is 5.27. The van der Waals surface area contributed by atoms with E-state index in [1.165, 1.54) is 0 Å². The van der Waals surface area contributed by atoms with Crippen LogP contribution in [0, 0.1) is 11.8 Å². The smallest absolute Gasteiger partial charge is 0.189 e. The van der Waals surface area contributed by atoms with Crippen molar-refractivity contribution in [3.05, 3.63) is 29.8 Å². The van der Waals surface area contributed by atoms with Crippen LogP contribution in [0.5, 0.6) is 5.75 Å². The summed E-state index contributed by atoms with van der Waals surface area (Å²) in [6, 6.07) is 7.52. The predicted octanol–water partition coefficient (Wildman–Crippen LogP) is 1.79. The maximum atomic E-state index is 8.63. The first kappa shape index (κ1) is 12.6. The second-order valence-corrected chi connectivity index (χ2v) is 3.03. The lowest BCUT2D eigenvalue weighted by Gasteiger charge is -2.07. The summed E-state index contributed by atoms with van der Waals surface area (Å²) < 4.78 is 10.5. The number of aliphatic hydroxyl groups excluding tert-OH is 1. The van der Waals surface area contributed by atoms with Crippen molar-refractivity contribution in [3.63, 3.8) is 0 Å². The topological polar surface area (TPSA) is 38.7 Å². The summed E-state index contributed by atoms with van der Waals surface area (Å²) in [4.78, 5) is 0. The minimum atomic E-state index is 0.0783. The van der Waals surface area contributed by atoms with E-state index in [2.05, 4.69) is 11.8 Å². The zero-order valence-electron chi connectivity index (χ0n) is 9.40. The van der Waals surface area contributed by atoms with E-state index in [9.17, 15) is 0 Å². The molecule has 0 heterocycles. The molecule has 16 heavy (non-hydrogen) atoms. The molecular formula is C13H16O3. The van der Waals surface area contributed by atoms with Gasteiger partial charge in [-0.15, -0.1) is 0 Å². The van der Waals surface area contributed by atoms with Crippen LogP contribution >= 0.6 is 0 Å². The Morgan fingerprint density at radius 2 is 2.12 bits per heavy atom. The summed E-state index contributed by atoms with van der Waals surface area (Å²) in [6.45, 7) is 2.85. The lowest BCUT2D eigenvalue weighted by molar-refractivity contribution is 0.0222. The van der Waals surface area contributed by atoms with E-state index in [0.717, 1.165) is 5.56 Å². The van der Waals surface area contributed by atoms with Crippen molar-refractivity contribution >= 4 is 0 Å². The Labute approximate surface area is 96.0 Å². The van der Waals surface area contributed by atoms with Gasteiger partial charge in [-0.05, 0) is 19.1 Å². The van der Waals surface area contributed by atoms with Crippen molar-refractivity contribution in [2.45, 2.75) is 13.3 Å². The van der Waals surface area contributed by atoms with E-state index >= 15 is 0 Å². The van der Waals surface area contributed by atoms with Gasteiger partial charge < -0.3 is 14.6 Å². The van der Waals surface area contributed by atoms with Crippen LogP contribution in [0.1, 0.15) is 18.9 Å². The van der Waals surface area contributed by atoms with Gasteiger partial charge in [0.15, 0.2) is 6.79 Å². The van der Waals surface area contributed by atoms with Crippen LogP contribution in [0.15, 0.2) is 24.3 Å². The lowest BCUT2D eigenvalue weighted by Crippen LogP contribution is -2.03. The Balaban J connectivity index is 2.65. The molecule has 0 aliphatic heterocycles. The van der Waals surface area contributed by atoms with Gasteiger partial charge in [0.2, 0.25) is 0 Å². The zero-order chi connectivity index (χ0) is 11.6. The molecule has 0 aliphatic rings. The highest BCUT2D eigenvalue weighted by Gasteiger charge is 1.98. The third-order valence-electron chi connectivity index (χ3n) is 1.85. The Morgan fingerprint density at radius 3 is 2.88 bits per heavy atom. The molecule has 0 spiro atoms. The second-order valence-electron chi connectivity index (χ2n) is 3.03. The maximum Gasteiger partial charge on any atom is 0.189 e. The molecule has 0 saturated carbocycles. The minimum Gasteiger partial charge on any atom is -0.466 e. The number of para-hydroxylation sites is 1. The van der Waals surface area contributed by atoms with Crippen LogP contribution in [0.4, 0.5) is 0 Å². The molecule has 0 aliphatic carbocycles. The Kier molecular flexibility index (Phi) is 6.09. The summed E-state index contributed by atoms with van der Waals surface area (Å²) in [5, 5.41) is 8.63. The van der Waals surface area contributed by atoms with Crippen molar-refractivity contribution < 1.29 is 14.6 Å². The minimum absolute atomic E-state index is 0.0783. The summed E-state index contributed by atoms with van der Waals surface area (Å²) in [5.74, 6) is 6.52.